The molecule has 1 aromatic rings. The lowest BCUT2D eigenvalue weighted by Crippen LogP contribution is -2.42. The Morgan fingerprint density at radius 1 is 1.04 bits per heavy atom. The van der Waals surface area contributed by atoms with E-state index >= 15 is 0 Å². The lowest BCUT2D eigenvalue weighted by molar-refractivity contribution is -0.127. The van der Waals surface area contributed by atoms with Crippen molar-refractivity contribution in [2.75, 3.05) is 21.3 Å². The average molecular weight is 326 g/mol. The minimum atomic E-state index is -1.21. The highest BCUT2D eigenvalue weighted by molar-refractivity contribution is 5.98. The number of benzene rings is 1. The Balaban J connectivity index is 3.00. The molecule has 9 heteroatoms. The molecule has 0 saturated carbocycles. The number of hydrogen-bond donors (Lipinski definition) is 2. The number of amides is 3. The minimum Gasteiger partial charge on any atom is -0.493 e. The van der Waals surface area contributed by atoms with Crippen molar-refractivity contribution in [2.45, 2.75) is 13.0 Å². The zero-order valence-electron chi connectivity index (χ0n) is 13.2. The summed E-state index contributed by atoms with van der Waals surface area (Å²) in [6.07, 6.45) is -1.21. The van der Waals surface area contributed by atoms with E-state index in [1.165, 1.54) is 40.4 Å². The molecule has 0 aliphatic carbocycles. The summed E-state index contributed by atoms with van der Waals surface area (Å²) in [5, 5.41) is 1.82. The number of urea groups is 1. The Kier molecular flexibility index (Phi) is 6.19. The SMILES string of the molecule is COc1cc(C(=O)O[C@@H](C)C(=O)NC(N)=O)cc(OC)c1OC. The van der Waals surface area contributed by atoms with Crippen LogP contribution in [-0.4, -0.2) is 45.3 Å². The van der Waals surface area contributed by atoms with Gasteiger partial charge in [0.25, 0.3) is 5.91 Å². The highest BCUT2D eigenvalue weighted by Crippen LogP contribution is 2.38. The highest BCUT2D eigenvalue weighted by Gasteiger charge is 2.22. The number of carbonyl (C=O) groups excluding carboxylic acids is 3. The second-order valence-electron chi connectivity index (χ2n) is 4.32. The Bertz CT molecular complexity index is 590. The molecule has 0 saturated heterocycles. The summed E-state index contributed by atoms with van der Waals surface area (Å²) in [6.45, 7) is 1.30. The van der Waals surface area contributed by atoms with Gasteiger partial charge in [0.05, 0.1) is 26.9 Å². The van der Waals surface area contributed by atoms with Crippen LogP contribution in [0.25, 0.3) is 0 Å². The molecule has 0 heterocycles. The van der Waals surface area contributed by atoms with E-state index in [1.54, 1.807) is 0 Å². The van der Waals surface area contributed by atoms with E-state index in [4.69, 9.17) is 24.7 Å². The van der Waals surface area contributed by atoms with Gasteiger partial charge in [-0.05, 0) is 19.1 Å². The first-order valence-electron chi connectivity index (χ1n) is 6.45. The van der Waals surface area contributed by atoms with Crippen LogP contribution < -0.4 is 25.3 Å². The number of nitrogens with two attached hydrogens (primary N) is 1. The lowest BCUT2D eigenvalue weighted by atomic mass is 10.2. The predicted octanol–water partition coefficient (Wildman–Crippen LogP) is 0.453. The van der Waals surface area contributed by atoms with Gasteiger partial charge in [-0.25, -0.2) is 9.59 Å². The van der Waals surface area contributed by atoms with Crippen molar-refractivity contribution in [3.8, 4) is 17.2 Å². The second kappa shape index (κ2) is 7.87. The van der Waals surface area contributed by atoms with E-state index in [1.807, 2.05) is 5.32 Å². The molecule has 1 atom stereocenters. The zero-order chi connectivity index (χ0) is 17.6. The molecular formula is C14H18N2O7. The lowest BCUT2D eigenvalue weighted by Gasteiger charge is -2.15. The summed E-state index contributed by atoms with van der Waals surface area (Å²) in [6, 6.07) is 1.72. The van der Waals surface area contributed by atoms with Crippen LogP contribution in [0.15, 0.2) is 12.1 Å². The van der Waals surface area contributed by atoms with E-state index in [2.05, 4.69) is 0 Å². The predicted molar refractivity (Wildman–Crippen MR) is 78.7 cm³/mol. The molecule has 0 unspecified atom stereocenters. The van der Waals surface area contributed by atoms with Gasteiger partial charge in [-0.2, -0.15) is 0 Å². The number of carbonyl (C=O) groups is 3. The van der Waals surface area contributed by atoms with Crippen LogP contribution in [0.3, 0.4) is 0 Å². The molecule has 126 valence electrons. The summed E-state index contributed by atoms with van der Waals surface area (Å²) in [5.41, 5.74) is 4.90. The van der Waals surface area contributed by atoms with Crippen molar-refractivity contribution in [3.63, 3.8) is 0 Å². The topological polar surface area (TPSA) is 126 Å². The number of nitrogens with one attached hydrogen (secondary N) is 1. The van der Waals surface area contributed by atoms with Crippen LogP contribution >= 0.6 is 0 Å². The fourth-order valence-corrected chi connectivity index (χ4v) is 1.70. The Labute approximate surface area is 132 Å². The molecule has 9 nitrogen and oxygen atoms in total. The van der Waals surface area contributed by atoms with Crippen LogP contribution in [0.2, 0.25) is 0 Å². The highest BCUT2D eigenvalue weighted by atomic mass is 16.5. The normalized spacial score (nSPS) is 11.1. The van der Waals surface area contributed by atoms with Gasteiger partial charge in [-0.15, -0.1) is 0 Å². The maximum absolute atomic E-state index is 12.1. The third-order valence-electron chi connectivity index (χ3n) is 2.80. The summed E-state index contributed by atoms with van der Waals surface area (Å²) < 4.78 is 20.3. The Morgan fingerprint density at radius 3 is 1.96 bits per heavy atom. The van der Waals surface area contributed by atoms with E-state index in [-0.39, 0.29) is 17.1 Å². The largest absolute Gasteiger partial charge is 0.493 e. The first-order valence-corrected chi connectivity index (χ1v) is 6.45. The maximum atomic E-state index is 12.1. The molecule has 0 aliphatic rings. The number of ether oxygens (including phenoxy) is 4. The summed E-state index contributed by atoms with van der Waals surface area (Å²) in [7, 11) is 4.22. The van der Waals surface area contributed by atoms with Gasteiger partial charge in [-0.1, -0.05) is 0 Å². The van der Waals surface area contributed by atoms with Gasteiger partial charge in [0.15, 0.2) is 17.6 Å². The number of imide groups is 1. The Hall–Kier alpha value is -2.97. The van der Waals surface area contributed by atoms with Crippen LogP contribution in [0.5, 0.6) is 17.2 Å². The van der Waals surface area contributed by atoms with Gasteiger partial charge in [0.1, 0.15) is 0 Å². The minimum absolute atomic E-state index is 0.0817. The molecule has 0 aliphatic heterocycles. The van der Waals surface area contributed by atoms with Crippen molar-refractivity contribution in [3.05, 3.63) is 17.7 Å². The summed E-state index contributed by atoms with van der Waals surface area (Å²) in [4.78, 5) is 34.2. The monoisotopic (exact) mass is 326 g/mol. The third kappa shape index (κ3) is 4.50. The van der Waals surface area contributed by atoms with Crippen LogP contribution in [0, 0.1) is 0 Å². The van der Waals surface area contributed by atoms with Gasteiger partial charge in [0.2, 0.25) is 5.75 Å². The fraction of sp³-hybridized carbons (Fsp3) is 0.357. The van der Waals surface area contributed by atoms with Crippen molar-refractivity contribution in [1.29, 1.82) is 0 Å². The maximum Gasteiger partial charge on any atom is 0.339 e. The molecule has 23 heavy (non-hydrogen) atoms. The van der Waals surface area contributed by atoms with Crippen molar-refractivity contribution in [2.24, 2.45) is 5.73 Å². The van der Waals surface area contributed by atoms with Crippen molar-refractivity contribution in [1.82, 2.24) is 5.32 Å². The van der Waals surface area contributed by atoms with Gasteiger partial charge in [0, 0.05) is 0 Å². The number of methoxy groups -OCH3 is 3. The quantitative estimate of drug-likeness (QED) is 0.727. The van der Waals surface area contributed by atoms with Crippen LogP contribution in [-0.2, 0) is 9.53 Å². The molecular weight excluding hydrogens is 308 g/mol. The van der Waals surface area contributed by atoms with Crippen LogP contribution in [0.4, 0.5) is 4.79 Å². The van der Waals surface area contributed by atoms with Gasteiger partial charge in [-0.3, -0.25) is 10.1 Å². The zero-order valence-corrected chi connectivity index (χ0v) is 13.2. The van der Waals surface area contributed by atoms with E-state index in [0.29, 0.717) is 5.75 Å². The number of esters is 1. The van der Waals surface area contributed by atoms with E-state index < -0.39 is 24.0 Å². The standard InChI is InChI=1S/C14H18N2O7/c1-7(12(17)16-14(15)19)23-13(18)8-5-9(20-2)11(22-4)10(6-8)21-3/h5-7H,1-4H3,(H3,15,16,17,19)/t7-/m0/s1. The summed E-state index contributed by atoms with van der Waals surface area (Å²) >= 11 is 0. The van der Waals surface area contributed by atoms with Crippen molar-refractivity contribution < 1.29 is 33.3 Å². The molecule has 3 amide bonds. The summed E-state index contributed by atoms with van der Waals surface area (Å²) in [5.74, 6) is -0.818. The smallest absolute Gasteiger partial charge is 0.339 e. The third-order valence-corrected chi connectivity index (χ3v) is 2.80. The number of rotatable bonds is 6. The van der Waals surface area contributed by atoms with E-state index in [0.717, 1.165) is 0 Å². The molecule has 1 aromatic carbocycles. The van der Waals surface area contributed by atoms with Crippen LogP contribution in [0.1, 0.15) is 17.3 Å². The first-order chi connectivity index (χ1) is 10.8. The Morgan fingerprint density at radius 2 is 1.57 bits per heavy atom. The fourth-order valence-electron chi connectivity index (χ4n) is 1.70. The average Bonchev–Trinajstić information content (AvgIpc) is 2.52. The second-order valence-corrected chi connectivity index (χ2v) is 4.32. The molecule has 0 bridgehead atoms. The molecule has 0 aromatic heterocycles. The number of hydrogen-bond acceptors (Lipinski definition) is 7. The first kappa shape index (κ1) is 18.1. The number of primary amides is 1. The molecule has 0 spiro atoms. The molecule has 1 rings (SSSR count). The van der Waals surface area contributed by atoms with Gasteiger partial charge < -0.3 is 24.7 Å². The van der Waals surface area contributed by atoms with Crippen molar-refractivity contribution >= 4 is 17.9 Å². The molecule has 0 fully saturated rings. The van der Waals surface area contributed by atoms with E-state index in [9.17, 15) is 14.4 Å². The molecule has 0 radical (unpaired) electrons. The molecule has 3 N–H and O–H groups in total. The van der Waals surface area contributed by atoms with Gasteiger partial charge >= 0.3 is 12.0 Å².